The number of hydrogen-bond donors (Lipinski definition) is 0. The molecule has 1 aromatic rings. The van der Waals surface area contributed by atoms with Gasteiger partial charge in [0.15, 0.2) is 0 Å². The van der Waals surface area contributed by atoms with E-state index in [-0.39, 0.29) is 48.7 Å². The first-order chi connectivity index (χ1) is 24.2. The predicted molar refractivity (Wildman–Crippen MR) is 231 cm³/mol. The molecular formula is C49H90N2O2. The van der Waals surface area contributed by atoms with E-state index < -0.39 is 0 Å². The van der Waals surface area contributed by atoms with E-state index in [0.29, 0.717) is 5.92 Å². The van der Waals surface area contributed by atoms with Gasteiger partial charge >= 0.3 is 0 Å². The Morgan fingerprint density at radius 1 is 0.547 bits per heavy atom. The minimum Gasteiger partial charge on any atom is -0.379 e. The Morgan fingerprint density at radius 3 is 1.32 bits per heavy atom. The molecule has 3 rings (SSSR count). The van der Waals surface area contributed by atoms with E-state index in [1.807, 2.05) is 0 Å². The first-order valence-corrected chi connectivity index (χ1v) is 21.9. The fourth-order valence-corrected chi connectivity index (χ4v) is 13.6. The highest BCUT2D eigenvalue weighted by atomic mass is 16.5. The van der Waals surface area contributed by atoms with E-state index in [1.165, 1.54) is 31.2 Å². The number of hydrogen-bond acceptors (Lipinski definition) is 4. The number of benzene rings is 1. The summed E-state index contributed by atoms with van der Waals surface area (Å²) in [6.45, 7) is 56.9. The first kappa shape index (κ1) is 46.4. The topological polar surface area (TPSA) is 24.9 Å². The van der Waals surface area contributed by atoms with Crippen LogP contribution in [0, 0.1) is 54.7 Å². The Balaban J connectivity index is 2.90. The van der Waals surface area contributed by atoms with Crippen molar-refractivity contribution in [1.29, 1.82) is 0 Å². The lowest BCUT2D eigenvalue weighted by Gasteiger charge is -2.82. The molecule has 0 spiro atoms. The highest BCUT2D eigenvalue weighted by Crippen LogP contribution is 2.82. The van der Waals surface area contributed by atoms with Crippen LogP contribution in [0.2, 0.25) is 0 Å². The molecule has 0 bridgehead atoms. The molecule has 0 N–H and O–H groups in total. The van der Waals surface area contributed by atoms with E-state index in [9.17, 15) is 0 Å². The second kappa shape index (κ2) is 16.9. The maximum atomic E-state index is 6.15. The maximum absolute atomic E-state index is 6.15. The Kier molecular flexibility index (Phi) is 14.8. The summed E-state index contributed by atoms with van der Waals surface area (Å²) in [5.41, 5.74) is 0.601. The minimum absolute atomic E-state index is 0.00520. The number of rotatable bonds is 15. The number of nitrogens with zero attached hydrogens (tertiary/aromatic N) is 2. The van der Waals surface area contributed by atoms with E-state index in [0.717, 1.165) is 72.1 Å². The van der Waals surface area contributed by atoms with Crippen molar-refractivity contribution in [2.24, 2.45) is 54.7 Å². The standard InChI is InChI=1S/C49H90N2O2/c1-19-20-24-27-45(16,17)49(38-51-30-34-53-35-31-51,46(18,39(2)3)41(4,5)6)48(44(13,14)15,37-50-28-32-52-33-29-50)47(42(7,8)9,43(10,11)12)36-40-25-22-21-23-26-40/h21-23,25-26,39H,19-20,24,27-38H2,1-18H3. The third-order valence-corrected chi connectivity index (χ3v) is 15.9. The van der Waals surface area contributed by atoms with Gasteiger partial charge in [-0.05, 0) is 62.2 Å². The quantitative estimate of drug-likeness (QED) is 0.167. The van der Waals surface area contributed by atoms with Crippen LogP contribution in [0.5, 0.6) is 0 Å². The van der Waals surface area contributed by atoms with Gasteiger partial charge in [0.05, 0.1) is 26.4 Å². The second-order valence-corrected chi connectivity index (χ2v) is 22.9. The molecule has 0 amide bonds. The Bertz CT molecular complexity index is 1230. The average Bonchev–Trinajstić information content (AvgIpc) is 3.04. The van der Waals surface area contributed by atoms with Crippen molar-refractivity contribution in [1.82, 2.24) is 9.80 Å². The summed E-state index contributed by atoms with van der Waals surface area (Å²) in [5, 5.41) is 0. The molecule has 2 saturated heterocycles. The van der Waals surface area contributed by atoms with E-state index in [2.05, 4.69) is 165 Å². The molecule has 0 radical (unpaired) electrons. The van der Waals surface area contributed by atoms with Crippen LogP contribution in [-0.2, 0) is 15.9 Å². The molecule has 0 saturated carbocycles. The lowest BCUT2D eigenvalue weighted by molar-refractivity contribution is -0.346. The molecule has 4 heteroatoms. The molecule has 53 heavy (non-hydrogen) atoms. The molecule has 3 atom stereocenters. The fourth-order valence-electron chi connectivity index (χ4n) is 13.6. The summed E-state index contributed by atoms with van der Waals surface area (Å²) in [6.07, 6.45) is 6.05. The first-order valence-electron chi connectivity index (χ1n) is 21.9. The smallest absolute Gasteiger partial charge is 0.0594 e. The number of unbranched alkanes of at least 4 members (excludes halogenated alkanes) is 2. The van der Waals surface area contributed by atoms with Gasteiger partial charge in [0.25, 0.3) is 0 Å². The van der Waals surface area contributed by atoms with Crippen molar-refractivity contribution < 1.29 is 9.47 Å². The predicted octanol–water partition coefficient (Wildman–Crippen LogP) is 12.3. The highest BCUT2D eigenvalue weighted by Gasteiger charge is 2.80. The summed E-state index contributed by atoms with van der Waals surface area (Å²) in [6, 6.07) is 11.7. The molecule has 2 aliphatic heterocycles. The van der Waals surface area contributed by atoms with Crippen LogP contribution in [0.15, 0.2) is 30.3 Å². The van der Waals surface area contributed by atoms with Crippen LogP contribution in [0.4, 0.5) is 0 Å². The zero-order chi connectivity index (χ0) is 40.4. The molecule has 308 valence electrons. The van der Waals surface area contributed by atoms with Gasteiger partial charge < -0.3 is 9.47 Å². The molecule has 2 heterocycles. The maximum Gasteiger partial charge on any atom is 0.0594 e. The Hall–Kier alpha value is -0.940. The number of ether oxygens (including phenoxy) is 2. The monoisotopic (exact) mass is 739 g/mol. The summed E-state index contributed by atoms with van der Waals surface area (Å²) in [4.78, 5) is 5.77. The Labute approximate surface area is 331 Å². The van der Waals surface area contributed by atoms with Crippen LogP contribution in [0.3, 0.4) is 0 Å². The van der Waals surface area contributed by atoms with Gasteiger partial charge in [-0.25, -0.2) is 0 Å². The number of morpholine rings is 2. The van der Waals surface area contributed by atoms with Gasteiger partial charge in [-0.2, -0.15) is 0 Å². The van der Waals surface area contributed by atoms with Crippen molar-refractivity contribution in [3.8, 4) is 0 Å². The third kappa shape index (κ3) is 8.25. The van der Waals surface area contributed by atoms with Crippen LogP contribution >= 0.6 is 0 Å². The average molecular weight is 739 g/mol. The zero-order valence-corrected chi connectivity index (χ0v) is 38.8. The summed E-state index contributed by atoms with van der Waals surface area (Å²) in [7, 11) is 0. The Morgan fingerprint density at radius 2 is 0.962 bits per heavy atom. The van der Waals surface area contributed by atoms with Crippen molar-refractivity contribution in [2.45, 2.75) is 157 Å². The highest BCUT2D eigenvalue weighted by molar-refractivity contribution is 5.31. The molecule has 1 aromatic carbocycles. The van der Waals surface area contributed by atoms with Gasteiger partial charge in [0, 0.05) is 50.1 Å². The van der Waals surface area contributed by atoms with E-state index in [1.54, 1.807) is 0 Å². The molecule has 2 aliphatic rings. The second-order valence-electron chi connectivity index (χ2n) is 22.9. The summed E-state index contributed by atoms with van der Waals surface area (Å²) < 4.78 is 12.3. The molecular weight excluding hydrogens is 649 g/mol. The van der Waals surface area contributed by atoms with Gasteiger partial charge in [0.2, 0.25) is 0 Å². The van der Waals surface area contributed by atoms with Crippen molar-refractivity contribution in [3.05, 3.63) is 35.9 Å². The lowest BCUT2D eigenvalue weighted by atomic mass is 9.23. The van der Waals surface area contributed by atoms with Gasteiger partial charge in [-0.15, -0.1) is 0 Å². The molecule has 0 aliphatic carbocycles. The molecule has 2 fully saturated rings. The van der Waals surface area contributed by atoms with Crippen LogP contribution in [0.25, 0.3) is 0 Å². The SMILES string of the molecule is CCCCCC(C)(C)C(CN1CCOCC1)(C(C)(C(C)C)C(C)(C)C)C(CN1CCOCC1)(C(C)(C)C)C(Cc1ccccc1)(C(C)(C)C)C(C)(C)C. The normalized spacial score (nSPS) is 21.6. The van der Waals surface area contributed by atoms with Crippen LogP contribution in [-0.4, -0.2) is 75.5 Å². The third-order valence-electron chi connectivity index (χ3n) is 15.9. The zero-order valence-electron chi connectivity index (χ0n) is 38.8. The largest absolute Gasteiger partial charge is 0.379 e. The fraction of sp³-hybridized carbons (Fsp3) is 0.878. The van der Waals surface area contributed by atoms with E-state index in [4.69, 9.17) is 9.47 Å². The minimum atomic E-state index is -0.211. The molecule has 4 nitrogen and oxygen atoms in total. The lowest BCUT2D eigenvalue weighted by Crippen LogP contribution is -2.81. The van der Waals surface area contributed by atoms with Crippen molar-refractivity contribution >= 4 is 0 Å². The van der Waals surface area contributed by atoms with Gasteiger partial charge in [-0.3, -0.25) is 9.80 Å². The molecule has 0 aromatic heterocycles. The van der Waals surface area contributed by atoms with Crippen molar-refractivity contribution in [2.75, 3.05) is 65.7 Å². The van der Waals surface area contributed by atoms with Gasteiger partial charge in [0.1, 0.15) is 0 Å². The van der Waals surface area contributed by atoms with Crippen molar-refractivity contribution in [3.63, 3.8) is 0 Å². The molecule has 3 unspecified atom stereocenters. The van der Waals surface area contributed by atoms with Crippen LogP contribution in [0.1, 0.15) is 156 Å². The van der Waals surface area contributed by atoms with Crippen LogP contribution < -0.4 is 0 Å². The summed E-state index contributed by atoms with van der Waals surface area (Å²) in [5.74, 6) is 0.440. The van der Waals surface area contributed by atoms with E-state index >= 15 is 0 Å². The summed E-state index contributed by atoms with van der Waals surface area (Å²) >= 11 is 0. The van der Waals surface area contributed by atoms with Gasteiger partial charge in [-0.1, -0.05) is 174 Å².